The van der Waals surface area contributed by atoms with Gasteiger partial charge in [-0.05, 0) is 61.7 Å². The molecular weight excluding hydrogens is 448 g/mol. The number of hydrogen-bond donors (Lipinski definition) is 0. The molecule has 0 spiro atoms. The van der Waals surface area contributed by atoms with Gasteiger partial charge in [0.2, 0.25) is 0 Å². The summed E-state index contributed by atoms with van der Waals surface area (Å²) in [7, 11) is -3.35. The third kappa shape index (κ3) is 5.72. The Bertz CT molecular complexity index is 1300. The highest BCUT2D eigenvalue weighted by Gasteiger charge is 2.14. The zero-order valence-electron chi connectivity index (χ0n) is 18.3. The van der Waals surface area contributed by atoms with Gasteiger partial charge in [-0.25, -0.2) is 8.42 Å². The minimum Gasteiger partial charge on any atom is -0.465 e. The predicted octanol–water partition coefficient (Wildman–Crippen LogP) is 3.75. The molecule has 32 heavy (non-hydrogen) atoms. The summed E-state index contributed by atoms with van der Waals surface area (Å²) in [5.41, 5.74) is 2.27. The molecule has 0 atom stereocenters. The van der Waals surface area contributed by atoms with Gasteiger partial charge in [0.25, 0.3) is 5.91 Å². The summed E-state index contributed by atoms with van der Waals surface area (Å²) in [5.74, 6) is -0.922. The van der Waals surface area contributed by atoms with Gasteiger partial charge in [-0.15, -0.1) is 0 Å². The minimum absolute atomic E-state index is 0.0543. The highest BCUT2D eigenvalue weighted by molar-refractivity contribution is 7.90. The molecule has 1 heterocycles. The SMILES string of the molecule is CCCCc1ccc2c(c1)sc(=NC(=O)c1ccc(S(C)(=O)=O)cc1)n2CC(=O)OCC. The van der Waals surface area contributed by atoms with Gasteiger partial charge < -0.3 is 9.30 Å². The van der Waals surface area contributed by atoms with E-state index in [0.29, 0.717) is 4.80 Å². The molecule has 0 N–H and O–H groups in total. The van der Waals surface area contributed by atoms with E-state index in [-0.39, 0.29) is 23.6 Å². The molecule has 0 saturated carbocycles. The van der Waals surface area contributed by atoms with Gasteiger partial charge in [-0.1, -0.05) is 30.7 Å². The van der Waals surface area contributed by atoms with Crippen molar-refractivity contribution in [2.24, 2.45) is 4.99 Å². The van der Waals surface area contributed by atoms with E-state index in [0.717, 1.165) is 35.7 Å². The smallest absolute Gasteiger partial charge is 0.326 e. The largest absolute Gasteiger partial charge is 0.465 e. The third-order valence-electron chi connectivity index (χ3n) is 4.89. The van der Waals surface area contributed by atoms with E-state index in [1.165, 1.54) is 41.2 Å². The zero-order chi connectivity index (χ0) is 23.3. The lowest BCUT2D eigenvalue weighted by Crippen LogP contribution is -2.23. The van der Waals surface area contributed by atoms with Crippen molar-refractivity contribution < 1.29 is 22.7 Å². The molecule has 7 nitrogen and oxygen atoms in total. The van der Waals surface area contributed by atoms with Crippen molar-refractivity contribution >= 4 is 43.3 Å². The highest BCUT2D eigenvalue weighted by atomic mass is 32.2. The number of esters is 1. The average Bonchev–Trinajstić information content (AvgIpc) is 3.07. The maximum Gasteiger partial charge on any atom is 0.326 e. The molecule has 3 aromatic rings. The molecule has 0 aliphatic rings. The number of thiazole rings is 1. The number of unbranched alkanes of at least 4 members (excludes halogenated alkanes) is 1. The van der Waals surface area contributed by atoms with Crippen LogP contribution in [0.1, 0.15) is 42.6 Å². The monoisotopic (exact) mass is 474 g/mol. The van der Waals surface area contributed by atoms with Gasteiger partial charge in [0.15, 0.2) is 14.6 Å². The Hall–Kier alpha value is -2.78. The van der Waals surface area contributed by atoms with Gasteiger partial charge >= 0.3 is 5.97 Å². The van der Waals surface area contributed by atoms with Crippen molar-refractivity contribution in [3.8, 4) is 0 Å². The summed E-state index contributed by atoms with van der Waals surface area (Å²) < 4.78 is 31.0. The summed E-state index contributed by atoms with van der Waals surface area (Å²) in [5, 5.41) is 0. The van der Waals surface area contributed by atoms with E-state index < -0.39 is 21.7 Å². The first kappa shape index (κ1) is 23.9. The van der Waals surface area contributed by atoms with Crippen LogP contribution in [-0.2, 0) is 32.3 Å². The summed E-state index contributed by atoms with van der Waals surface area (Å²) >= 11 is 1.33. The molecule has 3 rings (SSSR count). The number of nitrogens with zero attached hydrogens (tertiary/aromatic N) is 2. The fourth-order valence-electron chi connectivity index (χ4n) is 3.22. The molecule has 0 aliphatic carbocycles. The van der Waals surface area contributed by atoms with Gasteiger partial charge in [-0.2, -0.15) is 4.99 Å². The van der Waals surface area contributed by atoms with E-state index in [9.17, 15) is 18.0 Å². The second-order valence-electron chi connectivity index (χ2n) is 7.39. The molecule has 0 unspecified atom stereocenters. The second-order valence-corrected chi connectivity index (χ2v) is 10.4. The third-order valence-corrected chi connectivity index (χ3v) is 7.05. The quantitative estimate of drug-likeness (QED) is 0.464. The fourth-order valence-corrected chi connectivity index (χ4v) is 4.95. The number of rotatable bonds is 8. The number of fused-ring (bicyclic) bond motifs is 1. The van der Waals surface area contributed by atoms with Crippen LogP contribution in [0.25, 0.3) is 10.2 Å². The second kappa shape index (κ2) is 10.2. The number of aromatic nitrogens is 1. The van der Waals surface area contributed by atoms with E-state index >= 15 is 0 Å². The van der Waals surface area contributed by atoms with Crippen molar-refractivity contribution in [2.45, 2.75) is 44.6 Å². The molecular formula is C23H26N2O5S2. The molecule has 0 saturated heterocycles. The zero-order valence-corrected chi connectivity index (χ0v) is 20.0. The number of carbonyl (C=O) groups is 2. The van der Waals surface area contributed by atoms with Crippen LogP contribution in [0, 0.1) is 0 Å². The van der Waals surface area contributed by atoms with E-state index in [1.54, 1.807) is 11.5 Å². The Labute approximate surface area is 191 Å². The number of benzene rings is 2. The van der Waals surface area contributed by atoms with Gasteiger partial charge in [0.1, 0.15) is 6.54 Å². The van der Waals surface area contributed by atoms with Crippen LogP contribution in [-0.4, -0.2) is 37.7 Å². The van der Waals surface area contributed by atoms with Crippen molar-refractivity contribution in [1.29, 1.82) is 0 Å². The maximum atomic E-state index is 12.8. The van der Waals surface area contributed by atoms with Crippen molar-refractivity contribution in [3.63, 3.8) is 0 Å². The Balaban J connectivity index is 2.04. The average molecular weight is 475 g/mol. The lowest BCUT2D eigenvalue weighted by Gasteiger charge is -2.06. The first-order valence-corrected chi connectivity index (χ1v) is 13.1. The molecule has 0 radical (unpaired) electrons. The van der Waals surface area contributed by atoms with Crippen LogP contribution in [0.2, 0.25) is 0 Å². The van der Waals surface area contributed by atoms with Crippen LogP contribution in [0.5, 0.6) is 0 Å². The number of hydrogen-bond acceptors (Lipinski definition) is 6. The number of amides is 1. The van der Waals surface area contributed by atoms with Gasteiger partial charge in [-0.3, -0.25) is 9.59 Å². The van der Waals surface area contributed by atoms with Crippen LogP contribution >= 0.6 is 11.3 Å². The Morgan fingerprint density at radius 1 is 1.09 bits per heavy atom. The van der Waals surface area contributed by atoms with Crippen LogP contribution in [0.4, 0.5) is 0 Å². The van der Waals surface area contributed by atoms with E-state index in [2.05, 4.69) is 18.0 Å². The molecule has 0 aliphatic heterocycles. The highest BCUT2D eigenvalue weighted by Crippen LogP contribution is 2.21. The molecule has 0 fully saturated rings. The molecule has 1 amide bonds. The normalized spacial score (nSPS) is 12.3. The summed E-state index contributed by atoms with van der Waals surface area (Å²) in [4.78, 5) is 29.7. The van der Waals surface area contributed by atoms with Gasteiger partial charge in [0.05, 0.1) is 21.7 Å². The number of carbonyl (C=O) groups excluding carboxylic acids is 2. The van der Waals surface area contributed by atoms with E-state index in [4.69, 9.17) is 4.74 Å². The lowest BCUT2D eigenvalue weighted by atomic mass is 10.1. The molecule has 170 valence electrons. The van der Waals surface area contributed by atoms with Crippen LogP contribution < -0.4 is 4.80 Å². The topological polar surface area (TPSA) is 94.8 Å². The standard InChI is InChI=1S/C23H26N2O5S2/c1-4-6-7-16-8-13-19-20(14-16)31-23(25(19)15-21(26)30-5-2)24-22(27)17-9-11-18(12-10-17)32(3,28)29/h8-14H,4-7,15H2,1-3H3. The summed E-state index contributed by atoms with van der Waals surface area (Å²) in [6.45, 7) is 4.09. The summed E-state index contributed by atoms with van der Waals surface area (Å²) in [6, 6.07) is 11.7. The first-order valence-electron chi connectivity index (χ1n) is 10.4. The van der Waals surface area contributed by atoms with Crippen molar-refractivity contribution in [3.05, 3.63) is 58.4 Å². The van der Waals surface area contributed by atoms with Crippen molar-refractivity contribution in [1.82, 2.24) is 4.57 Å². The minimum atomic E-state index is -3.35. The molecule has 0 bridgehead atoms. The number of sulfone groups is 1. The fraction of sp³-hybridized carbons (Fsp3) is 0.348. The number of aryl methyl sites for hydroxylation is 1. The van der Waals surface area contributed by atoms with Crippen LogP contribution in [0.3, 0.4) is 0 Å². The Morgan fingerprint density at radius 3 is 2.44 bits per heavy atom. The predicted molar refractivity (Wildman–Crippen MR) is 125 cm³/mol. The van der Waals surface area contributed by atoms with Gasteiger partial charge in [0, 0.05) is 11.8 Å². The molecule has 9 heteroatoms. The maximum absolute atomic E-state index is 12.8. The summed E-state index contributed by atoms with van der Waals surface area (Å²) in [6.07, 6.45) is 4.25. The van der Waals surface area contributed by atoms with Crippen LogP contribution in [0.15, 0.2) is 52.4 Å². The molecule has 1 aromatic heterocycles. The first-order chi connectivity index (χ1) is 15.2. The number of ether oxygens (including phenoxy) is 1. The Morgan fingerprint density at radius 2 is 1.81 bits per heavy atom. The Kier molecular flexibility index (Phi) is 7.63. The van der Waals surface area contributed by atoms with Crippen molar-refractivity contribution in [2.75, 3.05) is 12.9 Å². The lowest BCUT2D eigenvalue weighted by molar-refractivity contribution is -0.143. The molecule has 2 aromatic carbocycles. The van der Waals surface area contributed by atoms with E-state index in [1.807, 2.05) is 12.1 Å².